The fourth-order valence-corrected chi connectivity index (χ4v) is 5.12. The highest BCUT2D eigenvalue weighted by molar-refractivity contribution is 7.17. The minimum atomic E-state index is 0.628. The topological polar surface area (TPSA) is 13.1 Å². The molecule has 2 nitrogen and oxygen atoms in total. The molecule has 130 valence electrons. The smallest absolute Gasteiger partial charge is 0.228 e. The molecule has 26 heavy (non-hydrogen) atoms. The molecule has 0 spiro atoms. The van der Waals surface area contributed by atoms with Gasteiger partial charge in [-0.05, 0) is 64.7 Å². The van der Waals surface area contributed by atoms with Crippen molar-refractivity contribution in [3.05, 3.63) is 53.0 Å². The van der Waals surface area contributed by atoms with Crippen LogP contribution in [0.15, 0.2) is 41.9 Å². The van der Waals surface area contributed by atoms with Crippen LogP contribution in [0.2, 0.25) is 0 Å². The summed E-state index contributed by atoms with van der Waals surface area (Å²) in [7, 11) is 2.13. The van der Waals surface area contributed by atoms with Gasteiger partial charge in [0.15, 0.2) is 6.20 Å². The first kappa shape index (κ1) is 15.8. The molecule has 2 aromatic heterocycles. The van der Waals surface area contributed by atoms with E-state index < -0.39 is 0 Å². The monoisotopic (exact) mass is 360 g/mol. The van der Waals surface area contributed by atoms with Crippen molar-refractivity contribution in [3.8, 4) is 22.8 Å². The Balaban J connectivity index is 1.88. The summed E-state index contributed by atoms with van der Waals surface area (Å²) in [6, 6.07) is 11.2. The van der Waals surface area contributed by atoms with Crippen molar-refractivity contribution in [2.75, 3.05) is 0 Å². The van der Waals surface area contributed by atoms with Crippen LogP contribution in [-0.2, 0) is 13.5 Å². The predicted molar refractivity (Wildman–Crippen MR) is 109 cm³/mol. The second-order valence-electron chi connectivity index (χ2n) is 7.74. The number of pyridine rings is 1. The number of rotatable bonds is 2. The molecule has 5 rings (SSSR count). The van der Waals surface area contributed by atoms with Gasteiger partial charge in [0.05, 0.1) is 10.9 Å². The van der Waals surface area contributed by atoms with Gasteiger partial charge in [0.25, 0.3) is 0 Å². The van der Waals surface area contributed by atoms with Gasteiger partial charge < -0.3 is 4.74 Å². The predicted octanol–water partition coefficient (Wildman–Crippen LogP) is 6.16. The first-order chi connectivity index (χ1) is 12.5. The van der Waals surface area contributed by atoms with Crippen LogP contribution in [0.1, 0.15) is 25.0 Å². The molecular weight excluding hydrogens is 338 g/mol. The van der Waals surface area contributed by atoms with Gasteiger partial charge in [0.1, 0.15) is 18.5 Å². The van der Waals surface area contributed by atoms with Gasteiger partial charge in [-0.15, -0.1) is 11.3 Å². The number of hydrogen-bond donors (Lipinski definition) is 0. The van der Waals surface area contributed by atoms with E-state index in [0.29, 0.717) is 5.92 Å². The number of thiophene rings is 1. The second kappa shape index (κ2) is 5.55. The summed E-state index contributed by atoms with van der Waals surface area (Å²) < 4.78 is 10.0. The van der Waals surface area contributed by atoms with Crippen molar-refractivity contribution in [3.63, 3.8) is 0 Å². The van der Waals surface area contributed by atoms with Crippen molar-refractivity contribution in [2.45, 2.75) is 27.2 Å². The lowest BCUT2D eigenvalue weighted by Gasteiger charge is -2.22. The molecular formula is C23H22NOS+. The zero-order valence-electron chi connectivity index (χ0n) is 15.6. The molecule has 0 amide bonds. The van der Waals surface area contributed by atoms with E-state index in [1.807, 2.05) is 0 Å². The summed E-state index contributed by atoms with van der Waals surface area (Å²) in [5.41, 5.74) is 5.15. The van der Waals surface area contributed by atoms with Crippen LogP contribution >= 0.6 is 11.3 Å². The Labute approximate surface area is 157 Å². The van der Waals surface area contributed by atoms with Crippen molar-refractivity contribution < 1.29 is 9.30 Å². The maximum absolute atomic E-state index is 6.48. The molecule has 0 bridgehead atoms. The highest BCUT2D eigenvalue weighted by Gasteiger charge is 2.30. The Morgan fingerprint density at radius 1 is 1.12 bits per heavy atom. The zero-order chi connectivity index (χ0) is 18.0. The first-order valence-electron chi connectivity index (χ1n) is 9.17. The molecule has 0 fully saturated rings. The molecule has 1 aliphatic rings. The molecule has 0 saturated heterocycles. The van der Waals surface area contributed by atoms with Crippen LogP contribution in [0, 0.1) is 12.8 Å². The van der Waals surface area contributed by atoms with E-state index in [1.54, 1.807) is 11.3 Å². The van der Waals surface area contributed by atoms with Crippen molar-refractivity contribution in [2.24, 2.45) is 13.0 Å². The summed E-state index contributed by atoms with van der Waals surface area (Å²) in [6.07, 6.45) is 3.24. The quantitative estimate of drug-likeness (QED) is 0.344. The number of aryl methyl sites for hydroxylation is 2. The van der Waals surface area contributed by atoms with Gasteiger partial charge in [-0.2, -0.15) is 0 Å². The van der Waals surface area contributed by atoms with E-state index in [0.717, 1.165) is 17.9 Å². The van der Waals surface area contributed by atoms with E-state index in [4.69, 9.17) is 4.74 Å². The lowest BCUT2D eigenvalue weighted by Crippen LogP contribution is -2.31. The summed E-state index contributed by atoms with van der Waals surface area (Å²) in [4.78, 5) is 0. The first-order valence-corrected chi connectivity index (χ1v) is 10.0. The molecule has 0 saturated carbocycles. The number of nitrogens with zero attached hydrogens (tertiary/aromatic N) is 1. The van der Waals surface area contributed by atoms with E-state index in [-0.39, 0.29) is 0 Å². The fourth-order valence-electron chi connectivity index (χ4n) is 4.24. The Morgan fingerprint density at radius 2 is 1.96 bits per heavy atom. The molecule has 3 heterocycles. The third kappa shape index (κ3) is 2.20. The molecule has 1 aliphatic heterocycles. The van der Waals surface area contributed by atoms with E-state index in [1.165, 1.54) is 43.2 Å². The molecule has 0 unspecified atom stereocenters. The van der Waals surface area contributed by atoms with Crippen LogP contribution < -0.4 is 9.30 Å². The van der Waals surface area contributed by atoms with Crippen molar-refractivity contribution in [1.82, 2.24) is 0 Å². The molecule has 4 aromatic rings. The second-order valence-corrected chi connectivity index (χ2v) is 8.69. The van der Waals surface area contributed by atoms with Gasteiger partial charge in [-0.3, -0.25) is 0 Å². The molecule has 0 atom stereocenters. The molecule has 2 aromatic carbocycles. The standard InChI is InChI=1S/C23H22NOS/c1-13(2)9-15-10-16-5-7-24(4)23-21-14(3)17-6-8-26-20(17)12-19(21)25-18(11-15)22(16)23/h5-8,10-13H,9H2,1-4H3/q+1. The lowest BCUT2D eigenvalue weighted by molar-refractivity contribution is -0.659. The Hall–Kier alpha value is -2.39. The fraction of sp³-hybridized carbons (Fsp3) is 0.261. The van der Waals surface area contributed by atoms with E-state index in [2.05, 4.69) is 74.3 Å². The lowest BCUT2D eigenvalue weighted by atomic mass is 9.92. The van der Waals surface area contributed by atoms with E-state index in [9.17, 15) is 0 Å². The van der Waals surface area contributed by atoms with Crippen LogP contribution in [0.5, 0.6) is 11.5 Å². The minimum absolute atomic E-state index is 0.628. The van der Waals surface area contributed by atoms with Gasteiger partial charge in [-0.1, -0.05) is 19.9 Å². The highest BCUT2D eigenvalue weighted by Crippen LogP contribution is 2.49. The van der Waals surface area contributed by atoms with Crippen LogP contribution in [-0.4, -0.2) is 0 Å². The summed E-state index contributed by atoms with van der Waals surface area (Å²) >= 11 is 1.78. The molecule has 0 radical (unpaired) electrons. The van der Waals surface area contributed by atoms with E-state index >= 15 is 0 Å². The van der Waals surface area contributed by atoms with Gasteiger partial charge >= 0.3 is 0 Å². The number of fused-ring (bicyclic) bond motifs is 3. The minimum Gasteiger partial charge on any atom is -0.455 e. The van der Waals surface area contributed by atoms with Gasteiger partial charge in [0, 0.05) is 10.8 Å². The Bertz CT molecular complexity index is 1190. The molecule has 0 aliphatic carbocycles. The number of aromatic nitrogens is 1. The average Bonchev–Trinajstić information content (AvgIpc) is 3.05. The Kier molecular flexibility index (Phi) is 3.38. The summed E-state index contributed by atoms with van der Waals surface area (Å²) in [5, 5.41) is 5.99. The van der Waals surface area contributed by atoms with Crippen LogP contribution in [0.3, 0.4) is 0 Å². The highest BCUT2D eigenvalue weighted by atomic mass is 32.1. The zero-order valence-corrected chi connectivity index (χ0v) is 16.4. The number of benzene rings is 2. The van der Waals surface area contributed by atoms with Crippen LogP contribution in [0.25, 0.3) is 32.1 Å². The SMILES string of the molecule is Cc1c2c(cc3sccc13)Oc1cc(CC(C)C)cc3cc[n+](C)c-2c13. The third-order valence-corrected chi connectivity index (χ3v) is 6.21. The molecule has 0 N–H and O–H groups in total. The van der Waals surface area contributed by atoms with Gasteiger partial charge in [-0.25, -0.2) is 4.57 Å². The van der Waals surface area contributed by atoms with Crippen molar-refractivity contribution >= 4 is 32.2 Å². The normalized spacial score (nSPS) is 12.7. The summed E-state index contributed by atoms with van der Waals surface area (Å²) in [6.45, 7) is 6.74. The Morgan fingerprint density at radius 3 is 2.77 bits per heavy atom. The summed E-state index contributed by atoms with van der Waals surface area (Å²) in [5.74, 6) is 2.60. The average molecular weight is 361 g/mol. The number of ether oxygens (including phenoxy) is 1. The number of hydrogen-bond acceptors (Lipinski definition) is 2. The van der Waals surface area contributed by atoms with Gasteiger partial charge in [0.2, 0.25) is 5.69 Å². The largest absolute Gasteiger partial charge is 0.455 e. The van der Waals surface area contributed by atoms with Crippen molar-refractivity contribution in [1.29, 1.82) is 0 Å². The maximum atomic E-state index is 6.48. The van der Waals surface area contributed by atoms with Crippen LogP contribution in [0.4, 0.5) is 0 Å². The maximum Gasteiger partial charge on any atom is 0.228 e. The third-order valence-electron chi connectivity index (χ3n) is 5.34. The molecule has 3 heteroatoms.